The number of aryl methyl sites for hydroxylation is 1. The van der Waals surface area contributed by atoms with Crippen LogP contribution in [-0.2, 0) is 21.4 Å². The Morgan fingerprint density at radius 1 is 1.19 bits per heavy atom. The number of piperidine rings is 1. The summed E-state index contributed by atoms with van der Waals surface area (Å²) < 4.78 is 30.1. The van der Waals surface area contributed by atoms with Crippen molar-refractivity contribution in [3.8, 4) is 0 Å². The molecule has 4 rings (SSSR count). The number of hydrogen-bond donors (Lipinski definition) is 1. The zero-order chi connectivity index (χ0) is 22.7. The molecule has 1 N–H and O–H groups in total. The number of carbonyl (C=O) groups is 1. The number of nitrogens with one attached hydrogen (secondary N) is 1. The van der Waals surface area contributed by atoms with E-state index < -0.39 is 10.0 Å². The van der Waals surface area contributed by atoms with E-state index in [1.165, 1.54) is 9.18 Å². The van der Waals surface area contributed by atoms with Crippen LogP contribution in [0.25, 0.3) is 10.9 Å². The van der Waals surface area contributed by atoms with Gasteiger partial charge in [-0.2, -0.15) is 4.31 Å². The third-order valence-electron chi connectivity index (χ3n) is 6.33. The smallest absolute Gasteiger partial charge is 0.243 e. The summed E-state index contributed by atoms with van der Waals surface area (Å²) in [6.45, 7) is 5.76. The standard InChI is InChI=1S/C24H31N3O3S2/c1-3-6-21(23-7-5-16-31-23)25-24(28)18-11-14-27(15-12-18)32(29,30)20-8-9-22-19(17-20)10-13-26(22)4-2/h5,7-10,13,16-18,21H,3-4,6,11-12,14-15H2,1-2H3,(H,25,28)/t21-/m0/s1. The Bertz CT molecular complexity index is 1160. The maximum absolute atomic E-state index is 13.2. The minimum absolute atomic E-state index is 0.0382. The minimum atomic E-state index is -3.57. The van der Waals surface area contributed by atoms with E-state index in [4.69, 9.17) is 0 Å². The molecular weight excluding hydrogens is 442 g/mol. The molecule has 172 valence electrons. The second kappa shape index (κ2) is 9.77. The Balaban J connectivity index is 1.40. The zero-order valence-electron chi connectivity index (χ0n) is 18.7. The van der Waals surface area contributed by atoms with Crippen LogP contribution >= 0.6 is 11.3 Å². The number of hydrogen-bond acceptors (Lipinski definition) is 4. The van der Waals surface area contributed by atoms with E-state index in [1.807, 2.05) is 29.8 Å². The second-order valence-corrected chi connectivity index (χ2v) is 11.3. The number of benzene rings is 1. The minimum Gasteiger partial charge on any atom is -0.348 e. The van der Waals surface area contributed by atoms with Gasteiger partial charge < -0.3 is 9.88 Å². The molecule has 0 saturated carbocycles. The van der Waals surface area contributed by atoms with E-state index in [1.54, 1.807) is 23.5 Å². The van der Waals surface area contributed by atoms with Crippen molar-refractivity contribution < 1.29 is 13.2 Å². The van der Waals surface area contributed by atoms with Crippen molar-refractivity contribution in [3.63, 3.8) is 0 Å². The van der Waals surface area contributed by atoms with Crippen LogP contribution in [0.15, 0.2) is 52.9 Å². The molecule has 1 aliphatic heterocycles. The van der Waals surface area contributed by atoms with Gasteiger partial charge in [-0.05, 0) is 61.9 Å². The quantitative estimate of drug-likeness (QED) is 0.512. The molecule has 3 heterocycles. The highest BCUT2D eigenvalue weighted by Gasteiger charge is 2.33. The summed E-state index contributed by atoms with van der Waals surface area (Å²) in [5.74, 6) is -0.113. The molecule has 1 amide bonds. The van der Waals surface area contributed by atoms with Crippen molar-refractivity contribution in [1.82, 2.24) is 14.2 Å². The predicted octanol–water partition coefficient (Wildman–Crippen LogP) is 4.78. The van der Waals surface area contributed by atoms with Crippen molar-refractivity contribution >= 4 is 38.2 Å². The first kappa shape index (κ1) is 23.0. The summed E-state index contributed by atoms with van der Waals surface area (Å²) in [5, 5.41) is 6.16. The highest BCUT2D eigenvalue weighted by molar-refractivity contribution is 7.89. The van der Waals surface area contributed by atoms with Gasteiger partial charge in [0.2, 0.25) is 15.9 Å². The highest BCUT2D eigenvalue weighted by Crippen LogP contribution is 2.28. The molecule has 1 atom stereocenters. The van der Waals surface area contributed by atoms with Gasteiger partial charge >= 0.3 is 0 Å². The van der Waals surface area contributed by atoms with E-state index in [9.17, 15) is 13.2 Å². The van der Waals surface area contributed by atoms with Crippen LogP contribution in [0.2, 0.25) is 0 Å². The van der Waals surface area contributed by atoms with Crippen LogP contribution in [0.1, 0.15) is 50.4 Å². The number of fused-ring (bicyclic) bond motifs is 1. The summed E-state index contributed by atoms with van der Waals surface area (Å²) in [5.41, 5.74) is 1.04. The molecule has 0 unspecified atom stereocenters. The third kappa shape index (κ3) is 4.63. The van der Waals surface area contributed by atoms with Crippen molar-refractivity contribution in [2.75, 3.05) is 13.1 Å². The van der Waals surface area contributed by atoms with Gasteiger partial charge in [0.15, 0.2) is 0 Å². The lowest BCUT2D eigenvalue weighted by Gasteiger charge is -2.31. The van der Waals surface area contributed by atoms with E-state index in [0.717, 1.165) is 30.3 Å². The van der Waals surface area contributed by atoms with Gasteiger partial charge in [-0.15, -0.1) is 11.3 Å². The molecule has 0 aliphatic carbocycles. The van der Waals surface area contributed by atoms with Crippen molar-refractivity contribution in [3.05, 3.63) is 52.9 Å². The molecule has 6 nitrogen and oxygen atoms in total. The van der Waals surface area contributed by atoms with Crippen molar-refractivity contribution in [2.24, 2.45) is 5.92 Å². The lowest BCUT2D eigenvalue weighted by molar-refractivity contribution is -0.126. The monoisotopic (exact) mass is 473 g/mol. The van der Waals surface area contributed by atoms with Crippen LogP contribution in [0.5, 0.6) is 0 Å². The van der Waals surface area contributed by atoms with Crippen LogP contribution in [0.4, 0.5) is 0 Å². The summed E-state index contributed by atoms with van der Waals surface area (Å²) >= 11 is 1.66. The molecular formula is C24H31N3O3S2. The average Bonchev–Trinajstić information content (AvgIpc) is 3.48. The van der Waals surface area contributed by atoms with E-state index in [2.05, 4.69) is 29.8 Å². The van der Waals surface area contributed by atoms with Gasteiger partial charge in [-0.3, -0.25) is 4.79 Å². The fourth-order valence-electron chi connectivity index (χ4n) is 4.48. The molecule has 1 aliphatic rings. The topological polar surface area (TPSA) is 71.4 Å². The number of aromatic nitrogens is 1. The lowest BCUT2D eigenvalue weighted by Crippen LogP contribution is -2.43. The maximum Gasteiger partial charge on any atom is 0.243 e. The normalized spacial score (nSPS) is 16.9. The molecule has 2 aromatic heterocycles. The van der Waals surface area contributed by atoms with Crippen molar-refractivity contribution in [2.45, 2.75) is 57.0 Å². The largest absolute Gasteiger partial charge is 0.348 e. The molecule has 32 heavy (non-hydrogen) atoms. The van der Waals surface area contributed by atoms with Crippen LogP contribution in [-0.4, -0.2) is 36.3 Å². The molecule has 0 radical (unpaired) electrons. The fraction of sp³-hybridized carbons (Fsp3) is 0.458. The third-order valence-corrected chi connectivity index (χ3v) is 9.21. The molecule has 0 spiro atoms. The molecule has 1 aromatic carbocycles. The first-order valence-corrected chi connectivity index (χ1v) is 13.7. The van der Waals surface area contributed by atoms with Crippen molar-refractivity contribution in [1.29, 1.82) is 0 Å². The van der Waals surface area contributed by atoms with Gasteiger partial charge in [-0.25, -0.2) is 8.42 Å². The van der Waals surface area contributed by atoms with Gasteiger partial charge in [0, 0.05) is 47.5 Å². The molecule has 1 fully saturated rings. The van der Waals surface area contributed by atoms with Gasteiger partial charge in [-0.1, -0.05) is 19.4 Å². The number of amides is 1. The highest BCUT2D eigenvalue weighted by atomic mass is 32.2. The van der Waals surface area contributed by atoms with Crippen LogP contribution in [0.3, 0.4) is 0 Å². The first-order chi connectivity index (χ1) is 15.4. The fourth-order valence-corrected chi connectivity index (χ4v) is 6.79. The van der Waals surface area contributed by atoms with Crippen LogP contribution in [0, 0.1) is 5.92 Å². The number of carbonyl (C=O) groups excluding carboxylic acids is 1. The molecule has 3 aromatic rings. The lowest BCUT2D eigenvalue weighted by atomic mass is 9.96. The Morgan fingerprint density at radius 3 is 2.62 bits per heavy atom. The Labute approximate surface area is 194 Å². The second-order valence-electron chi connectivity index (χ2n) is 8.37. The van der Waals surface area contributed by atoms with Gasteiger partial charge in [0.25, 0.3) is 0 Å². The van der Waals surface area contributed by atoms with Crippen LogP contribution < -0.4 is 5.32 Å². The van der Waals surface area contributed by atoms with E-state index >= 15 is 0 Å². The molecule has 8 heteroatoms. The summed E-state index contributed by atoms with van der Waals surface area (Å²) in [7, 11) is -3.57. The molecule has 0 bridgehead atoms. The van der Waals surface area contributed by atoms with E-state index in [0.29, 0.717) is 30.8 Å². The summed E-state index contributed by atoms with van der Waals surface area (Å²) in [4.78, 5) is 14.4. The first-order valence-electron chi connectivity index (χ1n) is 11.4. The summed E-state index contributed by atoms with van der Waals surface area (Å²) in [6, 6.07) is 11.4. The summed E-state index contributed by atoms with van der Waals surface area (Å²) in [6.07, 6.45) is 4.96. The maximum atomic E-state index is 13.2. The average molecular weight is 474 g/mol. The Kier molecular flexibility index (Phi) is 7.02. The molecule has 1 saturated heterocycles. The predicted molar refractivity (Wildman–Crippen MR) is 129 cm³/mol. The number of rotatable bonds is 8. The van der Waals surface area contributed by atoms with Gasteiger partial charge in [0.05, 0.1) is 10.9 Å². The number of sulfonamides is 1. The Morgan fingerprint density at radius 2 is 1.97 bits per heavy atom. The Hall–Kier alpha value is -2.16. The number of nitrogens with zero attached hydrogens (tertiary/aromatic N) is 2. The van der Waals surface area contributed by atoms with E-state index in [-0.39, 0.29) is 17.9 Å². The zero-order valence-corrected chi connectivity index (χ0v) is 20.3. The van der Waals surface area contributed by atoms with Gasteiger partial charge in [0.1, 0.15) is 0 Å². The SMILES string of the molecule is CCC[C@H](NC(=O)C1CCN(S(=O)(=O)c2ccc3c(ccn3CC)c2)CC1)c1cccs1. The number of thiophene rings is 1.